The summed E-state index contributed by atoms with van der Waals surface area (Å²) in [5.74, 6) is -2.62. The van der Waals surface area contributed by atoms with Gasteiger partial charge in [-0.3, -0.25) is 19.3 Å². The number of hydrogen-bond donors (Lipinski definition) is 1. The molecule has 0 saturated carbocycles. The zero-order chi connectivity index (χ0) is 18.8. The van der Waals surface area contributed by atoms with E-state index in [1.165, 1.54) is 38.4 Å². The van der Waals surface area contributed by atoms with Gasteiger partial charge < -0.3 is 10.1 Å². The molecule has 1 heterocycles. The van der Waals surface area contributed by atoms with Crippen LogP contribution in [-0.2, 0) is 25.7 Å². The van der Waals surface area contributed by atoms with Gasteiger partial charge in [0.1, 0.15) is 17.3 Å². The van der Waals surface area contributed by atoms with Gasteiger partial charge >= 0.3 is 0 Å². The number of hydrogen-bond acceptors (Lipinski definition) is 5. The van der Waals surface area contributed by atoms with E-state index in [1.807, 2.05) is 0 Å². The molecular formula is C17H20FN3O4. The molecule has 0 aromatic heterocycles. The van der Waals surface area contributed by atoms with Crippen LogP contribution < -0.4 is 5.32 Å². The SMILES string of the molecule is COC(C)(C)C1=NC(C(=O)NCc2ccc(F)cc2)C(=O)C(=O)N1C. The summed E-state index contributed by atoms with van der Waals surface area (Å²) < 4.78 is 18.2. The Kier molecular flexibility index (Phi) is 5.32. The van der Waals surface area contributed by atoms with Crippen molar-refractivity contribution in [2.75, 3.05) is 14.2 Å². The molecule has 0 bridgehead atoms. The molecule has 1 aliphatic heterocycles. The van der Waals surface area contributed by atoms with Crippen molar-refractivity contribution in [3.05, 3.63) is 35.6 Å². The Morgan fingerprint density at radius 2 is 1.92 bits per heavy atom. The van der Waals surface area contributed by atoms with E-state index in [4.69, 9.17) is 4.74 Å². The van der Waals surface area contributed by atoms with Gasteiger partial charge in [0, 0.05) is 20.7 Å². The van der Waals surface area contributed by atoms with Crippen molar-refractivity contribution in [3.8, 4) is 0 Å². The van der Waals surface area contributed by atoms with E-state index in [-0.39, 0.29) is 18.2 Å². The molecule has 2 amide bonds. The lowest BCUT2D eigenvalue weighted by molar-refractivity contribution is -0.145. The van der Waals surface area contributed by atoms with E-state index in [1.54, 1.807) is 13.8 Å². The number of methoxy groups -OCH3 is 1. The predicted octanol–water partition coefficient (Wildman–Crippen LogP) is 0.675. The predicted molar refractivity (Wildman–Crippen MR) is 88.3 cm³/mol. The molecule has 0 radical (unpaired) electrons. The number of carbonyl (C=O) groups is 3. The van der Waals surface area contributed by atoms with Crippen molar-refractivity contribution in [2.24, 2.45) is 4.99 Å². The van der Waals surface area contributed by atoms with E-state index >= 15 is 0 Å². The monoisotopic (exact) mass is 349 g/mol. The highest BCUT2D eigenvalue weighted by Gasteiger charge is 2.43. The topological polar surface area (TPSA) is 88.1 Å². The third kappa shape index (κ3) is 3.90. The Morgan fingerprint density at radius 3 is 2.48 bits per heavy atom. The van der Waals surface area contributed by atoms with Crippen molar-refractivity contribution in [1.82, 2.24) is 10.2 Å². The van der Waals surface area contributed by atoms with Gasteiger partial charge in [0.05, 0.1) is 0 Å². The molecule has 0 saturated heterocycles. The summed E-state index contributed by atoms with van der Waals surface area (Å²) >= 11 is 0. The number of nitrogens with zero attached hydrogens (tertiary/aromatic N) is 2. The van der Waals surface area contributed by atoms with Crippen LogP contribution >= 0.6 is 0 Å². The van der Waals surface area contributed by atoms with Crippen molar-refractivity contribution < 1.29 is 23.5 Å². The molecule has 7 nitrogen and oxygen atoms in total. The molecule has 134 valence electrons. The van der Waals surface area contributed by atoms with Crippen LogP contribution in [0.5, 0.6) is 0 Å². The molecule has 1 atom stereocenters. The molecule has 1 aromatic rings. The van der Waals surface area contributed by atoms with Crippen LogP contribution in [0.15, 0.2) is 29.3 Å². The molecule has 0 aliphatic carbocycles. The maximum atomic E-state index is 12.9. The van der Waals surface area contributed by atoms with E-state index < -0.39 is 29.2 Å². The second-order valence-electron chi connectivity index (χ2n) is 6.14. The van der Waals surface area contributed by atoms with E-state index in [0.29, 0.717) is 5.56 Å². The fourth-order valence-electron chi connectivity index (χ4n) is 2.36. The van der Waals surface area contributed by atoms with E-state index in [9.17, 15) is 18.8 Å². The Labute approximate surface area is 144 Å². The van der Waals surface area contributed by atoms with Gasteiger partial charge in [-0.15, -0.1) is 0 Å². The average molecular weight is 349 g/mol. The zero-order valence-corrected chi connectivity index (χ0v) is 14.5. The van der Waals surface area contributed by atoms with Crippen LogP contribution in [0.25, 0.3) is 0 Å². The number of rotatable bonds is 5. The van der Waals surface area contributed by atoms with Crippen LogP contribution in [0.2, 0.25) is 0 Å². The maximum Gasteiger partial charge on any atom is 0.297 e. The van der Waals surface area contributed by atoms with E-state index in [0.717, 1.165) is 4.90 Å². The number of likely N-dealkylation sites (N-methyl/N-ethyl adjacent to an activating group) is 1. The van der Waals surface area contributed by atoms with Crippen molar-refractivity contribution in [2.45, 2.75) is 32.0 Å². The molecule has 2 rings (SSSR count). The van der Waals surface area contributed by atoms with Gasteiger partial charge in [-0.25, -0.2) is 9.38 Å². The zero-order valence-electron chi connectivity index (χ0n) is 14.5. The lowest BCUT2D eigenvalue weighted by atomic mass is 10.0. The lowest BCUT2D eigenvalue weighted by Gasteiger charge is -2.34. The second-order valence-corrected chi connectivity index (χ2v) is 6.14. The molecular weight excluding hydrogens is 329 g/mol. The highest BCUT2D eigenvalue weighted by Crippen LogP contribution is 2.19. The summed E-state index contributed by atoms with van der Waals surface area (Å²) in [5.41, 5.74) is -0.288. The minimum atomic E-state index is -1.46. The number of ketones is 1. The molecule has 0 spiro atoms. The number of ether oxygens (including phenoxy) is 1. The first-order chi connectivity index (χ1) is 11.7. The van der Waals surface area contributed by atoms with Crippen molar-refractivity contribution >= 4 is 23.4 Å². The van der Waals surface area contributed by atoms with Crippen LogP contribution in [0.3, 0.4) is 0 Å². The van der Waals surface area contributed by atoms with Crippen LogP contribution in [0.4, 0.5) is 4.39 Å². The minimum absolute atomic E-state index is 0.0887. The van der Waals surface area contributed by atoms with Crippen molar-refractivity contribution in [3.63, 3.8) is 0 Å². The minimum Gasteiger partial charge on any atom is -0.371 e. The number of halogens is 1. The first-order valence-electron chi connectivity index (χ1n) is 7.65. The highest BCUT2D eigenvalue weighted by molar-refractivity contribution is 6.46. The fourth-order valence-corrected chi connectivity index (χ4v) is 2.36. The molecule has 1 aromatic carbocycles. The Hall–Kier alpha value is -2.61. The Balaban J connectivity index is 2.20. The maximum absolute atomic E-state index is 12.9. The normalized spacial score (nSPS) is 18.2. The third-order valence-corrected chi connectivity index (χ3v) is 4.01. The highest BCUT2D eigenvalue weighted by atomic mass is 19.1. The number of aliphatic imine (C=N–C) groups is 1. The lowest BCUT2D eigenvalue weighted by Crippen LogP contribution is -2.57. The summed E-state index contributed by atoms with van der Waals surface area (Å²) in [7, 11) is 2.85. The van der Waals surface area contributed by atoms with Crippen LogP contribution in [0, 0.1) is 5.82 Å². The Morgan fingerprint density at radius 1 is 1.32 bits per heavy atom. The number of amides is 2. The van der Waals surface area contributed by atoms with Gasteiger partial charge in [0.15, 0.2) is 6.04 Å². The number of carbonyl (C=O) groups excluding carboxylic acids is 3. The standard InChI is InChI=1S/C17H20FN3O4/c1-17(2,25-4)16-20-12(13(22)15(24)21(16)3)14(23)19-9-10-5-7-11(18)8-6-10/h5-8,12H,9H2,1-4H3,(H,19,23). The smallest absolute Gasteiger partial charge is 0.297 e. The average Bonchev–Trinajstić information content (AvgIpc) is 2.59. The Bertz CT molecular complexity index is 728. The molecule has 8 heteroatoms. The number of nitrogens with one attached hydrogen (secondary N) is 1. The first kappa shape index (κ1) is 18.7. The van der Waals surface area contributed by atoms with Gasteiger partial charge in [0.25, 0.3) is 17.6 Å². The van der Waals surface area contributed by atoms with Crippen LogP contribution in [0.1, 0.15) is 19.4 Å². The molecule has 1 N–H and O–H groups in total. The van der Waals surface area contributed by atoms with Crippen LogP contribution in [-0.4, -0.2) is 54.1 Å². The molecule has 25 heavy (non-hydrogen) atoms. The first-order valence-corrected chi connectivity index (χ1v) is 7.65. The van der Waals surface area contributed by atoms with E-state index in [2.05, 4.69) is 10.3 Å². The van der Waals surface area contributed by atoms with Crippen molar-refractivity contribution in [1.29, 1.82) is 0 Å². The largest absolute Gasteiger partial charge is 0.371 e. The summed E-state index contributed by atoms with van der Waals surface area (Å²) in [6.07, 6.45) is 0. The summed E-state index contributed by atoms with van der Waals surface area (Å²) in [6.45, 7) is 3.45. The third-order valence-electron chi connectivity index (χ3n) is 4.01. The number of benzene rings is 1. The number of Topliss-reactive ketones (excluding diaryl/α,β-unsaturated/α-hetero) is 1. The van der Waals surface area contributed by atoms with Gasteiger partial charge in [-0.05, 0) is 31.5 Å². The molecule has 1 unspecified atom stereocenters. The molecule has 0 fully saturated rings. The van der Waals surface area contributed by atoms with Gasteiger partial charge in [0.2, 0.25) is 0 Å². The number of amidine groups is 1. The summed E-state index contributed by atoms with van der Waals surface area (Å²) in [5, 5.41) is 2.54. The fraction of sp³-hybridized carbons (Fsp3) is 0.412. The summed E-state index contributed by atoms with van der Waals surface area (Å²) in [6, 6.07) is 4.10. The second kappa shape index (κ2) is 7.10. The van der Waals surface area contributed by atoms with Gasteiger partial charge in [-0.2, -0.15) is 0 Å². The quantitative estimate of drug-likeness (QED) is 0.625. The van der Waals surface area contributed by atoms with Gasteiger partial charge in [-0.1, -0.05) is 12.1 Å². The summed E-state index contributed by atoms with van der Waals surface area (Å²) in [4.78, 5) is 41.9. The molecule has 1 aliphatic rings.